The highest BCUT2D eigenvalue weighted by Gasteiger charge is 2.18. The van der Waals surface area contributed by atoms with Gasteiger partial charge in [0, 0.05) is 6.54 Å². The normalized spacial score (nSPS) is 11.8. The van der Waals surface area contributed by atoms with Gasteiger partial charge in [-0.2, -0.15) is 0 Å². The zero-order valence-electron chi connectivity index (χ0n) is 14.5. The van der Waals surface area contributed by atoms with Crippen molar-refractivity contribution in [3.05, 3.63) is 70.8 Å². The number of aromatic carboxylic acids is 1. The summed E-state index contributed by atoms with van der Waals surface area (Å²) in [5.74, 6) is -1.16. The molecule has 0 heterocycles. The van der Waals surface area contributed by atoms with E-state index in [0.29, 0.717) is 12.1 Å². The second-order valence-corrected chi connectivity index (χ2v) is 6.04. The molecule has 0 saturated heterocycles. The first-order valence-corrected chi connectivity index (χ1v) is 8.25. The van der Waals surface area contributed by atoms with E-state index in [2.05, 4.69) is 0 Å². The lowest BCUT2D eigenvalue weighted by molar-refractivity contribution is -0.131. The molecule has 5 nitrogen and oxygen atoms in total. The molecule has 1 atom stereocenters. The number of nitrogens with zero attached hydrogens (tertiary/aromatic N) is 1. The Labute approximate surface area is 147 Å². The zero-order chi connectivity index (χ0) is 18.4. The van der Waals surface area contributed by atoms with E-state index in [0.717, 1.165) is 11.1 Å². The third-order valence-electron chi connectivity index (χ3n) is 4.12. The molecule has 0 aromatic heterocycles. The van der Waals surface area contributed by atoms with Gasteiger partial charge < -0.3 is 15.1 Å². The lowest BCUT2D eigenvalue weighted by Gasteiger charge is -2.24. The van der Waals surface area contributed by atoms with Crippen LogP contribution in [-0.4, -0.2) is 40.1 Å². The molecule has 0 aliphatic carbocycles. The number of carbonyl (C=O) groups excluding carboxylic acids is 1. The first-order valence-electron chi connectivity index (χ1n) is 8.25. The van der Waals surface area contributed by atoms with Gasteiger partial charge in [-0.05, 0) is 37.1 Å². The fraction of sp³-hybridized carbons (Fsp3) is 0.300. The largest absolute Gasteiger partial charge is 0.478 e. The van der Waals surface area contributed by atoms with Gasteiger partial charge >= 0.3 is 5.97 Å². The predicted molar refractivity (Wildman–Crippen MR) is 95.5 cm³/mol. The van der Waals surface area contributed by atoms with Crippen molar-refractivity contribution in [1.82, 2.24) is 4.90 Å². The van der Waals surface area contributed by atoms with Crippen LogP contribution in [0, 0.1) is 6.92 Å². The average molecular weight is 341 g/mol. The van der Waals surface area contributed by atoms with Crippen LogP contribution < -0.4 is 0 Å². The summed E-state index contributed by atoms with van der Waals surface area (Å²) >= 11 is 0. The van der Waals surface area contributed by atoms with Crippen molar-refractivity contribution in [3.63, 3.8) is 0 Å². The number of carboxylic acids is 1. The number of rotatable bonds is 7. The summed E-state index contributed by atoms with van der Waals surface area (Å²) in [4.78, 5) is 25.1. The van der Waals surface area contributed by atoms with Gasteiger partial charge in [0.25, 0.3) is 0 Å². The summed E-state index contributed by atoms with van der Waals surface area (Å²) in [5, 5.41) is 19.4. The molecule has 2 rings (SSSR count). The molecule has 0 saturated carbocycles. The Morgan fingerprint density at radius 1 is 1.12 bits per heavy atom. The van der Waals surface area contributed by atoms with Crippen LogP contribution in [0.5, 0.6) is 0 Å². The molecular weight excluding hydrogens is 318 g/mol. The highest BCUT2D eigenvalue weighted by atomic mass is 16.4. The third-order valence-corrected chi connectivity index (χ3v) is 4.12. The van der Waals surface area contributed by atoms with Crippen molar-refractivity contribution in [2.75, 3.05) is 13.1 Å². The Balaban J connectivity index is 2.04. The van der Waals surface area contributed by atoms with Gasteiger partial charge in [-0.1, -0.05) is 42.0 Å². The van der Waals surface area contributed by atoms with Gasteiger partial charge in [0.1, 0.15) is 0 Å². The Bertz CT molecular complexity index is 740. The first-order chi connectivity index (χ1) is 11.9. The van der Waals surface area contributed by atoms with Gasteiger partial charge in [-0.15, -0.1) is 0 Å². The number of benzene rings is 2. The van der Waals surface area contributed by atoms with E-state index in [9.17, 15) is 14.7 Å². The van der Waals surface area contributed by atoms with Crippen molar-refractivity contribution >= 4 is 11.9 Å². The number of carbonyl (C=O) groups is 2. The van der Waals surface area contributed by atoms with E-state index in [4.69, 9.17) is 5.11 Å². The smallest absolute Gasteiger partial charge is 0.335 e. The zero-order valence-corrected chi connectivity index (χ0v) is 14.5. The average Bonchev–Trinajstić information content (AvgIpc) is 2.60. The van der Waals surface area contributed by atoms with Crippen LogP contribution in [0.2, 0.25) is 0 Å². The number of hydrogen-bond donors (Lipinski definition) is 2. The maximum atomic E-state index is 12.5. The molecule has 0 radical (unpaired) electrons. The number of aliphatic hydroxyl groups is 1. The minimum Gasteiger partial charge on any atom is -0.478 e. The van der Waals surface area contributed by atoms with Crippen molar-refractivity contribution in [2.24, 2.45) is 0 Å². The van der Waals surface area contributed by atoms with E-state index in [1.54, 1.807) is 17.0 Å². The van der Waals surface area contributed by atoms with Gasteiger partial charge in [0.05, 0.1) is 24.6 Å². The van der Waals surface area contributed by atoms with Crippen molar-refractivity contribution in [3.8, 4) is 0 Å². The molecule has 2 aromatic carbocycles. The topological polar surface area (TPSA) is 77.8 Å². The lowest BCUT2D eigenvalue weighted by Crippen LogP contribution is -2.35. The summed E-state index contributed by atoms with van der Waals surface area (Å²) < 4.78 is 0. The monoisotopic (exact) mass is 341 g/mol. The van der Waals surface area contributed by atoms with E-state index in [1.807, 2.05) is 38.1 Å². The summed E-state index contributed by atoms with van der Waals surface area (Å²) in [5.41, 5.74) is 2.68. The number of aliphatic hydroxyl groups excluding tert-OH is 1. The minimum atomic E-state index is -1.02. The van der Waals surface area contributed by atoms with Gasteiger partial charge in [0.2, 0.25) is 5.91 Å². The molecule has 1 unspecified atom stereocenters. The molecule has 132 valence electrons. The second-order valence-electron chi connectivity index (χ2n) is 6.04. The summed E-state index contributed by atoms with van der Waals surface area (Å²) in [6.45, 7) is 4.51. The summed E-state index contributed by atoms with van der Waals surface area (Å²) in [6, 6.07) is 13.9. The lowest BCUT2D eigenvalue weighted by atomic mass is 10.1. The number of aryl methyl sites for hydroxylation is 1. The highest BCUT2D eigenvalue weighted by molar-refractivity contribution is 5.88. The van der Waals surface area contributed by atoms with Crippen molar-refractivity contribution in [1.29, 1.82) is 0 Å². The molecular formula is C20H23NO4. The van der Waals surface area contributed by atoms with Crippen LogP contribution in [0.4, 0.5) is 0 Å². The molecule has 0 bridgehead atoms. The Hall–Kier alpha value is -2.66. The SMILES string of the molecule is CCN(CC(O)c1ccc(C)cc1)C(=O)Cc1cccc(C(=O)O)c1. The first kappa shape index (κ1) is 18.7. The van der Waals surface area contributed by atoms with Crippen LogP contribution in [0.1, 0.15) is 40.1 Å². The van der Waals surface area contributed by atoms with Crippen LogP contribution >= 0.6 is 0 Å². The Kier molecular flexibility index (Phi) is 6.31. The molecule has 0 fully saturated rings. The Morgan fingerprint density at radius 3 is 2.40 bits per heavy atom. The molecule has 0 aliphatic heterocycles. The Morgan fingerprint density at radius 2 is 1.80 bits per heavy atom. The number of hydrogen-bond acceptors (Lipinski definition) is 3. The standard InChI is InChI=1S/C20H23NO4/c1-3-21(13-18(22)16-9-7-14(2)8-10-16)19(23)12-15-5-4-6-17(11-15)20(24)25/h4-11,18,22H,3,12-13H2,1-2H3,(H,24,25). The predicted octanol–water partition coefficient (Wildman–Crippen LogP) is 2.82. The van der Waals surface area contributed by atoms with Gasteiger partial charge in [-0.3, -0.25) is 4.79 Å². The van der Waals surface area contributed by atoms with Crippen LogP contribution in [-0.2, 0) is 11.2 Å². The van der Waals surface area contributed by atoms with Gasteiger partial charge in [0.15, 0.2) is 0 Å². The highest BCUT2D eigenvalue weighted by Crippen LogP contribution is 2.16. The van der Waals surface area contributed by atoms with E-state index in [1.165, 1.54) is 12.1 Å². The number of likely N-dealkylation sites (N-methyl/N-ethyl adjacent to an activating group) is 1. The molecule has 0 aliphatic rings. The van der Waals surface area contributed by atoms with Crippen molar-refractivity contribution in [2.45, 2.75) is 26.4 Å². The van der Waals surface area contributed by atoms with E-state index in [-0.39, 0.29) is 24.4 Å². The molecule has 25 heavy (non-hydrogen) atoms. The fourth-order valence-electron chi connectivity index (χ4n) is 2.61. The van der Waals surface area contributed by atoms with Crippen LogP contribution in [0.25, 0.3) is 0 Å². The molecule has 1 amide bonds. The van der Waals surface area contributed by atoms with Crippen LogP contribution in [0.3, 0.4) is 0 Å². The van der Waals surface area contributed by atoms with E-state index >= 15 is 0 Å². The maximum Gasteiger partial charge on any atom is 0.335 e. The van der Waals surface area contributed by atoms with Crippen molar-refractivity contribution < 1.29 is 19.8 Å². The third kappa shape index (κ3) is 5.16. The molecule has 5 heteroatoms. The van der Waals surface area contributed by atoms with Crippen LogP contribution in [0.15, 0.2) is 48.5 Å². The second kappa shape index (κ2) is 8.44. The molecule has 2 N–H and O–H groups in total. The number of amides is 1. The van der Waals surface area contributed by atoms with Gasteiger partial charge in [-0.25, -0.2) is 4.79 Å². The number of carboxylic acid groups (broad SMARTS) is 1. The summed E-state index contributed by atoms with van der Waals surface area (Å²) in [7, 11) is 0. The quantitative estimate of drug-likeness (QED) is 0.812. The fourth-order valence-corrected chi connectivity index (χ4v) is 2.61. The summed E-state index contributed by atoms with van der Waals surface area (Å²) in [6.07, 6.45) is -0.648. The molecule has 0 spiro atoms. The molecule has 2 aromatic rings. The minimum absolute atomic E-state index is 0.107. The maximum absolute atomic E-state index is 12.5. The van der Waals surface area contributed by atoms with E-state index < -0.39 is 12.1 Å².